The molecule has 0 N–H and O–H groups in total. The molecule has 0 fully saturated rings. The molecule has 0 bridgehead atoms. The van der Waals surface area contributed by atoms with Gasteiger partial charge in [-0.15, -0.1) is 0 Å². The Hall–Kier alpha value is -1.80. The molecule has 0 aliphatic heterocycles. The van der Waals surface area contributed by atoms with Crippen molar-refractivity contribution in [2.75, 3.05) is 0 Å². The van der Waals surface area contributed by atoms with Gasteiger partial charge >= 0.3 is 0 Å². The highest BCUT2D eigenvalue weighted by molar-refractivity contribution is 14.1. The van der Waals surface area contributed by atoms with Gasteiger partial charge < -0.3 is 0 Å². The molecule has 0 saturated carbocycles. The average molecular weight is 590 g/mol. The third-order valence-electron chi connectivity index (χ3n) is 4.67. The molecule has 0 amide bonds. The number of pyridine rings is 2. The first kappa shape index (κ1) is 19.5. The molecule has 0 spiro atoms. The van der Waals surface area contributed by atoms with Crippen LogP contribution in [-0.4, -0.2) is 0 Å². The molecule has 2 aromatic carbocycles. The SMILES string of the molecule is Ic1ccc(C[n+]2ccc(-c3cc[n+](Cc4ccc(I)cc4)cc3)cc2)cc1. The molecule has 138 valence electrons. The quantitative estimate of drug-likeness (QED) is 0.222. The van der Waals surface area contributed by atoms with Gasteiger partial charge in [-0.3, -0.25) is 0 Å². The second kappa shape index (κ2) is 9.13. The molecule has 4 rings (SSSR count). The van der Waals surface area contributed by atoms with Crippen molar-refractivity contribution in [1.82, 2.24) is 0 Å². The van der Waals surface area contributed by atoms with E-state index in [-0.39, 0.29) is 0 Å². The predicted octanol–water partition coefficient (Wildman–Crippen LogP) is 5.23. The number of nitrogens with zero attached hydrogens (tertiary/aromatic N) is 2. The first-order chi connectivity index (χ1) is 13.7. The normalized spacial score (nSPS) is 10.8. The lowest BCUT2D eigenvalue weighted by Gasteiger charge is -2.03. The minimum absolute atomic E-state index is 0.891. The van der Waals surface area contributed by atoms with Gasteiger partial charge in [0.15, 0.2) is 37.9 Å². The monoisotopic (exact) mass is 590 g/mol. The lowest BCUT2D eigenvalue weighted by atomic mass is 10.1. The summed E-state index contributed by atoms with van der Waals surface area (Å²) in [4.78, 5) is 0. The number of halogens is 2. The van der Waals surface area contributed by atoms with Gasteiger partial charge in [0, 0.05) is 42.5 Å². The summed E-state index contributed by atoms with van der Waals surface area (Å²) < 4.78 is 6.96. The van der Waals surface area contributed by atoms with E-state index in [1.807, 2.05) is 0 Å². The van der Waals surface area contributed by atoms with Crippen molar-refractivity contribution in [3.63, 3.8) is 0 Å². The summed E-state index contributed by atoms with van der Waals surface area (Å²) >= 11 is 4.68. The Morgan fingerprint density at radius 2 is 0.786 bits per heavy atom. The number of aromatic nitrogens is 2. The van der Waals surface area contributed by atoms with E-state index >= 15 is 0 Å². The van der Waals surface area contributed by atoms with E-state index in [4.69, 9.17) is 0 Å². The third kappa shape index (κ3) is 5.17. The van der Waals surface area contributed by atoms with E-state index in [2.05, 4.69) is 152 Å². The topological polar surface area (TPSA) is 7.76 Å². The summed E-state index contributed by atoms with van der Waals surface area (Å²) in [6.45, 7) is 1.78. The standard InChI is InChI=1S/C24H20I2N2/c25-23-5-1-19(2-6-23)17-27-13-9-21(10-14-27)22-11-15-28(16-12-22)18-20-3-7-24(26)8-4-20/h1-16H,17-18H2/q+2. The molecule has 4 aromatic rings. The molecule has 4 heteroatoms. The maximum absolute atomic E-state index is 2.34. The molecule has 2 heterocycles. The zero-order valence-corrected chi connectivity index (χ0v) is 19.6. The van der Waals surface area contributed by atoms with Gasteiger partial charge in [0.2, 0.25) is 0 Å². The molecular weight excluding hydrogens is 570 g/mol. The summed E-state index contributed by atoms with van der Waals surface area (Å²) in [7, 11) is 0. The second-order valence-electron chi connectivity index (χ2n) is 6.77. The van der Waals surface area contributed by atoms with Gasteiger partial charge in [0.1, 0.15) is 0 Å². The van der Waals surface area contributed by atoms with E-state index in [0.29, 0.717) is 0 Å². The molecule has 0 radical (unpaired) electrons. The van der Waals surface area contributed by atoms with Crippen LogP contribution in [0.2, 0.25) is 0 Å². The lowest BCUT2D eigenvalue weighted by Crippen LogP contribution is -2.33. The van der Waals surface area contributed by atoms with Crippen LogP contribution in [0.25, 0.3) is 11.1 Å². The highest BCUT2D eigenvalue weighted by Gasteiger charge is 2.07. The Labute approximate surface area is 193 Å². The third-order valence-corrected chi connectivity index (χ3v) is 6.11. The van der Waals surface area contributed by atoms with Crippen LogP contribution < -0.4 is 9.13 Å². The van der Waals surface area contributed by atoms with Crippen LogP contribution in [0.5, 0.6) is 0 Å². The fourth-order valence-electron chi connectivity index (χ4n) is 3.11. The van der Waals surface area contributed by atoms with Crippen LogP contribution in [0.15, 0.2) is 97.6 Å². The van der Waals surface area contributed by atoms with Crippen molar-refractivity contribution in [2.45, 2.75) is 13.1 Å². The number of hydrogen-bond acceptors (Lipinski definition) is 0. The molecule has 0 unspecified atom stereocenters. The van der Waals surface area contributed by atoms with Crippen molar-refractivity contribution in [2.24, 2.45) is 0 Å². The zero-order valence-electron chi connectivity index (χ0n) is 15.3. The van der Waals surface area contributed by atoms with E-state index in [1.54, 1.807) is 0 Å². The minimum atomic E-state index is 0.891. The largest absolute Gasteiger partial charge is 0.201 e. The first-order valence-electron chi connectivity index (χ1n) is 9.13. The van der Waals surface area contributed by atoms with Crippen LogP contribution in [-0.2, 0) is 13.1 Å². The van der Waals surface area contributed by atoms with Crippen molar-refractivity contribution in [3.05, 3.63) is 116 Å². The molecule has 0 aliphatic rings. The van der Waals surface area contributed by atoms with Gasteiger partial charge in [-0.25, -0.2) is 9.13 Å². The van der Waals surface area contributed by atoms with Crippen molar-refractivity contribution in [1.29, 1.82) is 0 Å². The van der Waals surface area contributed by atoms with E-state index in [0.717, 1.165) is 13.1 Å². The smallest absolute Gasteiger partial charge is 0.173 e. The zero-order chi connectivity index (χ0) is 19.3. The lowest BCUT2D eigenvalue weighted by molar-refractivity contribution is -0.688. The number of benzene rings is 2. The summed E-state index contributed by atoms with van der Waals surface area (Å²) in [5, 5.41) is 0. The van der Waals surface area contributed by atoms with Crippen LogP contribution >= 0.6 is 45.2 Å². The summed E-state index contributed by atoms with van der Waals surface area (Å²) in [5.74, 6) is 0. The summed E-state index contributed by atoms with van der Waals surface area (Å²) in [5.41, 5.74) is 5.10. The Morgan fingerprint density at radius 1 is 0.464 bits per heavy atom. The highest BCUT2D eigenvalue weighted by Crippen LogP contribution is 2.16. The van der Waals surface area contributed by atoms with E-state index in [9.17, 15) is 0 Å². The van der Waals surface area contributed by atoms with Crippen molar-refractivity contribution in [3.8, 4) is 11.1 Å². The van der Waals surface area contributed by atoms with E-state index in [1.165, 1.54) is 29.4 Å². The van der Waals surface area contributed by atoms with Crippen LogP contribution in [0.3, 0.4) is 0 Å². The molecule has 28 heavy (non-hydrogen) atoms. The van der Waals surface area contributed by atoms with Crippen LogP contribution in [0, 0.1) is 7.14 Å². The molecule has 2 nitrogen and oxygen atoms in total. The maximum Gasteiger partial charge on any atom is 0.173 e. The van der Waals surface area contributed by atoms with E-state index < -0.39 is 0 Å². The second-order valence-corrected chi connectivity index (χ2v) is 9.26. The minimum Gasteiger partial charge on any atom is -0.201 e. The van der Waals surface area contributed by atoms with Gasteiger partial charge in [-0.1, -0.05) is 24.3 Å². The fraction of sp³-hybridized carbons (Fsp3) is 0.0833. The number of hydrogen-bond donors (Lipinski definition) is 0. The predicted molar refractivity (Wildman–Crippen MR) is 129 cm³/mol. The summed E-state index contributed by atoms with van der Waals surface area (Å²) in [6, 6.07) is 26.1. The highest BCUT2D eigenvalue weighted by atomic mass is 127. The molecule has 0 saturated heterocycles. The van der Waals surface area contributed by atoms with Crippen LogP contribution in [0.4, 0.5) is 0 Å². The molecule has 0 atom stereocenters. The average Bonchev–Trinajstić information content (AvgIpc) is 2.73. The van der Waals surface area contributed by atoms with Crippen molar-refractivity contribution < 1.29 is 9.13 Å². The van der Waals surface area contributed by atoms with Crippen molar-refractivity contribution >= 4 is 45.2 Å². The maximum atomic E-state index is 2.34. The molecular formula is C24H20I2N2+2. The molecule has 0 aliphatic carbocycles. The Bertz CT molecular complexity index is 951. The Morgan fingerprint density at radius 3 is 1.11 bits per heavy atom. The Balaban J connectivity index is 1.43. The summed E-state index contributed by atoms with van der Waals surface area (Å²) in [6.07, 6.45) is 8.61. The van der Waals surface area contributed by atoms with Crippen LogP contribution in [0.1, 0.15) is 11.1 Å². The first-order valence-corrected chi connectivity index (χ1v) is 11.3. The van der Waals surface area contributed by atoms with Gasteiger partial charge in [-0.05, 0) is 80.6 Å². The Kier molecular flexibility index (Phi) is 6.36. The number of rotatable bonds is 5. The fourth-order valence-corrected chi connectivity index (χ4v) is 3.83. The molecule has 2 aromatic heterocycles. The van der Waals surface area contributed by atoms with Gasteiger partial charge in [-0.2, -0.15) is 0 Å². The van der Waals surface area contributed by atoms with Gasteiger partial charge in [0.25, 0.3) is 0 Å². The van der Waals surface area contributed by atoms with Gasteiger partial charge in [0.05, 0.1) is 0 Å².